The van der Waals surface area contributed by atoms with Crippen LogP contribution in [0.2, 0.25) is 0 Å². The molecule has 3 rings (SSSR count). The normalized spacial score (nSPS) is 11.3. The summed E-state index contributed by atoms with van der Waals surface area (Å²) in [5.41, 5.74) is 1.19. The van der Waals surface area contributed by atoms with Gasteiger partial charge in [-0.05, 0) is 50.1 Å². The van der Waals surface area contributed by atoms with E-state index >= 15 is 0 Å². The van der Waals surface area contributed by atoms with Gasteiger partial charge in [-0.15, -0.1) is 0 Å². The number of halogens is 1. The van der Waals surface area contributed by atoms with Crippen molar-refractivity contribution in [2.45, 2.75) is 32.9 Å². The van der Waals surface area contributed by atoms with Crippen LogP contribution in [0.5, 0.6) is 5.75 Å². The van der Waals surface area contributed by atoms with Gasteiger partial charge >= 0.3 is 5.97 Å². The van der Waals surface area contributed by atoms with Crippen LogP contribution in [-0.2, 0) is 20.9 Å². The average molecular weight is 428 g/mol. The van der Waals surface area contributed by atoms with Crippen molar-refractivity contribution < 1.29 is 23.9 Å². The number of Topliss-reactive ketones (excluding diaryl/α,β-unsaturated/α-hetero) is 1. The number of ketones is 1. The molecule has 0 bridgehead atoms. The number of carbonyl (C=O) groups is 3. The number of nitrogens with zero attached hydrogens (tertiary/aromatic N) is 1. The van der Waals surface area contributed by atoms with Crippen LogP contribution in [0.3, 0.4) is 0 Å². The molecular formula is C23H22ClNO5. The highest BCUT2D eigenvalue weighted by molar-refractivity contribution is 6.83. The van der Waals surface area contributed by atoms with Gasteiger partial charge in [0.2, 0.25) is 5.78 Å². The Labute approximate surface area is 179 Å². The van der Waals surface area contributed by atoms with Crippen molar-refractivity contribution >= 4 is 39.5 Å². The number of rotatable bonds is 7. The Morgan fingerprint density at radius 1 is 1.00 bits per heavy atom. The van der Waals surface area contributed by atoms with Crippen molar-refractivity contribution in [1.82, 2.24) is 4.57 Å². The summed E-state index contributed by atoms with van der Waals surface area (Å²) >= 11 is 5.47. The van der Waals surface area contributed by atoms with E-state index in [-0.39, 0.29) is 12.2 Å². The number of ether oxygens (including phenoxy) is 2. The van der Waals surface area contributed by atoms with Gasteiger partial charge in [-0.3, -0.25) is 9.59 Å². The zero-order chi connectivity index (χ0) is 21.9. The number of aromatic nitrogens is 1. The summed E-state index contributed by atoms with van der Waals surface area (Å²) in [7, 11) is 0. The van der Waals surface area contributed by atoms with E-state index in [2.05, 4.69) is 0 Å². The molecule has 0 N–H and O–H groups in total. The van der Waals surface area contributed by atoms with Gasteiger partial charge in [0.25, 0.3) is 5.24 Å². The number of hydrogen-bond donors (Lipinski definition) is 0. The van der Waals surface area contributed by atoms with Crippen LogP contribution in [0.1, 0.15) is 36.7 Å². The Morgan fingerprint density at radius 3 is 2.33 bits per heavy atom. The molecule has 2 aromatic carbocycles. The zero-order valence-electron chi connectivity index (χ0n) is 17.0. The maximum Gasteiger partial charge on any atom is 0.344 e. The first kappa shape index (κ1) is 21.6. The number of benzene rings is 2. The lowest BCUT2D eigenvalue weighted by molar-refractivity contribution is -0.157. The summed E-state index contributed by atoms with van der Waals surface area (Å²) in [4.78, 5) is 36.1. The van der Waals surface area contributed by atoms with Gasteiger partial charge < -0.3 is 14.0 Å². The molecule has 7 heteroatoms. The summed E-state index contributed by atoms with van der Waals surface area (Å²) in [5.74, 6) is -1.07. The second-order valence-electron chi connectivity index (χ2n) is 7.78. The highest BCUT2D eigenvalue weighted by atomic mass is 35.5. The molecule has 156 valence electrons. The van der Waals surface area contributed by atoms with Crippen LogP contribution in [0.4, 0.5) is 0 Å². The van der Waals surface area contributed by atoms with E-state index in [1.165, 1.54) is 0 Å². The standard InChI is InChI=1S/C23H22ClNO5/c1-23(2,3)30-19(26)14-29-18-11-7-10-17-20(18)16(21(27)22(24)28)13-25(17)12-15-8-5-4-6-9-15/h4-11,13H,12,14H2,1-3H3. The number of fused-ring (bicyclic) bond motifs is 1. The first-order valence-electron chi connectivity index (χ1n) is 9.40. The second kappa shape index (κ2) is 8.71. The molecule has 0 atom stereocenters. The first-order valence-corrected chi connectivity index (χ1v) is 9.78. The van der Waals surface area contributed by atoms with Gasteiger partial charge in [-0.1, -0.05) is 36.4 Å². The molecule has 0 spiro atoms. The minimum Gasteiger partial charge on any atom is -0.481 e. The third-order valence-electron chi connectivity index (χ3n) is 4.25. The van der Waals surface area contributed by atoms with Crippen LogP contribution >= 0.6 is 11.6 Å². The molecule has 1 aromatic heterocycles. The third kappa shape index (κ3) is 5.07. The Balaban J connectivity index is 2.00. The highest BCUT2D eigenvalue weighted by Crippen LogP contribution is 2.32. The molecule has 0 aliphatic rings. The summed E-state index contributed by atoms with van der Waals surface area (Å²) in [6.45, 7) is 5.44. The Bertz CT molecular complexity index is 1100. The predicted octanol–water partition coefficient (Wildman–Crippen LogP) is 4.36. The summed E-state index contributed by atoms with van der Waals surface area (Å²) < 4.78 is 12.8. The molecule has 30 heavy (non-hydrogen) atoms. The van der Waals surface area contributed by atoms with Crippen LogP contribution in [0.15, 0.2) is 54.7 Å². The van der Waals surface area contributed by atoms with Crippen molar-refractivity contribution in [1.29, 1.82) is 0 Å². The van der Waals surface area contributed by atoms with Gasteiger partial charge in [0.15, 0.2) is 6.61 Å². The van der Waals surface area contributed by atoms with Gasteiger partial charge in [0.05, 0.1) is 16.5 Å². The molecule has 0 amide bonds. The fourth-order valence-electron chi connectivity index (χ4n) is 3.14. The largest absolute Gasteiger partial charge is 0.481 e. The lowest BCUT2D eigenvalue weighted by atomic mass is 10.1. The second-order valence-corrected chi connectivity index (χ2v) is 8.13. The Morgan fingerprint density at radius 2 is 1.70 bits per heavy atom. The van der Waals surface area contributed by atoms with Gasteiger partial charge in [0, 0.05) is 12.7 Å². The van der Waals surface area contributed by atoms with E-state index in [1.54, 1.807) is 39.1 Å². The summed E-state index contributed by atoms with van der Waals surface area (Å²) in [5, 5.41) is -0.660. The molecule has 0 fully saturated rings. The SMILES string of the molecule is CC(C)(C)OC(=O)COc1cccc2c1c(C(=O)C(=O)Cl)cn2Cc1ccccc1. The van der Waals surface area contributed by atoms with Gasteiger partial charge in [0.1, 0.15) is 11.4 Å². The maximum atomic E-state index is 12.5. The number of hydrogen-bond acceptors (Lipinski definition) is 5. The molecule has 3 aromatic rings. The monoisotopic (exact) mass is 427 g/mol. The summed E-state index contributed by atoms with van der Waals surface area (Å²) in [6.07, 6.45) is 1.58. The molecule has 0 aliphatic heterocycles. The minimum absolute atomic E-state index is 0.126. The lowest BCUT2D eigenvalue weighted by Gasteiger charge is -2.19. The van der Waals surface area contributed by atoms with Crippen LogP contribution in [-0.4, -0.2) is 33.8 Å². The van der Waals surface area contributed by atoms with Crippen molar-refractivity contribution in [3.05, 3.63) is 65.9 Å². The lowest BCUT2D eigenvalue weighted by Crippen LogP contribution is -2.27. The Kier molecular flexibility index (Phi) is 6.27. The first-order chi connectivity index (χ1) is 14.2. The van der Waals surface area contributed by atoms with Crippen molar-refractivity contribution in [2.75, 3.05) is 6.61 Å². The maximum absolute atomic E-state index is 12.5. The van der Waals surface area contributed by atoms with Crippen molar-refractivity contribution in [3.63, 3.8) is 0 Å². The molecule has 6 nitrogen and oxygen atoms in total. The summed E-state index contributed by atoms with van der Waals surface area (Å²) in [6, 6.07) is 14.9. The van der Waals surface area contributed by atoms with E-state index in [0.717, 1.165) is 5.56 Å². The average Bonchev–Trinajstić information content (AvgIpc) is 3.04. The van der Waals surface area contributed by atoms with Crippen molar-refractivity contribution in [3.8, 4) is 5.75 Å². The van der Waals surface area contributed by atoms with E-state index in [9.17, 15) is 14.4 Å². The molecule has 0 saturated carbocycles. The highest BCUT2D eigenvalue weighted by Gasteiger charge is 2.24. The van der Waals surface area contributed by atoms with Crippen LogP contribution in [0, 0.1) is 0 Å². The van der Waals surface area contributed by atoms with E-state index in [4.69, 9.17) is 21.1 Å². The van der Waals surface area contributed by atoms with Gasteiger partial charge in [-0.2, -0.15) is 0 Å². The van der Waals surface area contributed by atoms with Gasteiger partial charge in [-0.25, -0.2) is 4.79 Å². The number of carbonyl (C=O) groups excluding carboxylic acids is 3. The number of esters is 1. The molecular weight excluding hydrogens is 406 g/mol. The molecule has 0 saturated heterocycles. The molecule has 0 unspecified atom stereocenters. The predicted molar refractivity (Wildman–Crippen MR) is 114 cm³/mol. The van der Waals surface area contributed by atoms with E-state index in [0.29, 0.717) is 23.2 Å². The minimum atomic E-state index is -1.09. The third-order valence-corrected chi connectivity index (χ3v) is 4.42. The van der Waals surface area contributed by atoms with Crippen LogP contribution in [0.25, 0.3) is 10.9 Å². The molecule has 1 heterocycles. The smallest absolute Gasteiger partial charge is 0.344 e. The fraction of sp³-hybridized carbons (Fsp3) is 0.261. The Hall–Kier alpha value is -3.12. The zero-order valence-corrected chi connectivity index (χ0v) is 17.7. The van der Waals surface area contributed by atoms with E-state index < -0.39 is 22.6 Å². The van der Waals surface area contributed by atoms with Crippen LogP contribution < -0.4 is 4.74 Å². The van der Waals surface area contributed by atoms with Crippen molar-refractivity contribution in [2.24, 2.45) is 0 Å². The van der Waals surface area contributed by atoms with E-state index in [1.807, 2.05) is 41.0 Å². The topological polar surface area (TPSA) is 74.6 Å². The molecule has 0 aliphatic carbocycles. The molecule has 0 radical (unpaired) electrons. The fourth-order valence-corrected chi connectivity index (χ4v) is 3.24. The quantitative estimate of drug-likeness (QED) is 0.242.